The van der Waals surface area contributed by atoms with Crippen molar-refractivity contribution in [2.24, 2.45) is 5.92 Å². The fraction of sp³-hybridized carbons (Fsp3) is 0.714. The summed E-state index contributed by atoms with van der Waals surface area (Å²) in [6.07, 6.45) is 0. The van der Waals surface area contributed by atoms with Gasteiger partial charge < -0.3 is 5.32 Å². The summed E-state index contributed by atoms with van der Waals surface area (Å²) in [5.74, 6) is 0.759. The van der Waals surface area contributed by atoms with Crippen LogP contribution in [-0.4, -0.2) is 6.54 Å². The monoisotopic (exact) mass is 111 g/mol. The molecule has 0 aromatic rings. The molecule has 1 nitrogen and oxygen atoms in total. The van der Waals surface area contributed by atoms with E-state index in [1.807, 2.05) is 0 Å². The second-order valence-electron chi connectivity index (χ2n) is 2.59. The van der Waals surface area contributed by atoms with Crippen LogP contribution in [0.3, 0.4) is 0 Å². The van der Waals surface area contributed by atoms with E-state index in [0.29, 0.717) is 0 Å². The molecule has 0 saturated carbocycles. The van der Waals surface area contributed by atoms with Crippen molar-refractivity contribution in [2.75, 3.05) is 6.54 Å². The number of nitrogens with one attached hydrogen (secondary N) is 1. The van der Waals surface area contributed by atoms with E-state index in [0.717, 1.165) is 12.5 Å². The first-order valence-electron chi connectivity index (χ1n) is 3.13. The van der Waals surface area contributed by atoms with E-state index in [2.05, 4.69) is 26.1 Å². The van der Waals surface area contributed by atoms with Crippen LogP contribution in [0.25, 0.3) is 0 Å². The number of hydrogen-bond donors (Lipinski definition) is 1. The average Bonchev–Trinajstić information content (AvgIpc) is 1.98. The van der Waals surface area contributed by atoms with Crippen LogP contribution < -0.4 is 5.32 Å². The average molecular weight is 111 g/mol. The smallest absolute Gasteiger partial charge is 0.0207 e. The van der Waals surface area contributed by atoms with Gasteiger partial charge in [0.25, 0.3) is 0 Å². The normalized spacial score (nSPS) is 28.6. The third-order valence-corrected chi connectivity index (χ3v) is 2.00. The van der Waals surface area contributed by atoms with Crippen LogP contribution in [0.4, 0.5) is 0 Å². The SMILES string of the molecule is CC1=C(C)C(C)CN1. The quantitative estimate of drug-likeness (QED) is 0.499. The Morgan fingerprint density at radius 3 is 2.25 bits per heavy atom. The molecule has 0 spiro atoms. The van der Waals surface area contributed by atoms with E-state index < -0.39 is 0 Å². The lowest BCUT2D eigenvalue weighted by Gasteiger charge is -1.97. The van der Waals surface area contributed by atoms with Gasteiger partial charge in [-0.25, -0.2) is 0 Å². The van der Waals surface area contributed by atoms with Crippen LogP contribution in [-0.2, 0) is 0 Å². The van der Waals surface area contributed by atoms with E-state index in [9.17, 15) is 0 Å². The zero-order chi connectivity index (χ0) is 6.15. The molecule has 1 rings (SSSR count). The molecular weight excluding hydrogens is 98.1 g/mol. The van der Waals surface area contributed by atoms with Crippen molar-refractivity contribution in [1.29, 1.82) is 0 Å². The molecule has 8 heavy (non-hydrogen) atoms. The van der Waals surface area contributed by atoms with Crippen LogP contribution in [0.5, 0.6) is 0 Å². The zero-order valence-corrected chi connectivity index (χ0v) is 5.78. The first-order valence-corrected chi connectivity index (χ1v) is 3.13. The lowest BCUT2D eigenvalue weighted by atomic mass is 10.1. The molecule has 0 aromatic heterocycles. The Balaban J connectivity index is 2.71. The van der Waals surface area contributed by atoms with Crippen molar-refractivity contribution in [3.63, 3.8) is 0 Å². The van der Waals surface area contributed by atoms with Gasteiger partial charge in [-0.15, -0.1) is 0 Å². The number of rotatable bonds is 0. The Kier molecular flexibility index (Phi) is 1.28. The Morgan fingerprint density at radius 1 is 1.50 bits per heavy atom. The van der Waals surface area contributed by atoms with Crippen molar-refractivity contribution in [2.45, 2.75) is 20.8 Å². The summed E-state index contributed by atoms with van der Waals surface area (Å²) < 4.78 is 0. The molecular formula is C7H13N. The minimum Gasteiger partial charge on any atom is -0.388 e. The number of hydrogen-bond acceptors (Lipinski definition) is 1. The highest BCUT2D eigenvalue weighted by molar-refractivity contribution is 5.16. The summed E-state index contributed by atoms with van der Waals surface area (Å²) >= 11 is 0. The highest BCUT2D eigenvalue weighted by Crippen LogP contribution is 2.17. The minimum atomic E-state index is 0.759. The van der Waals surface area contributed by atoms with Crippen LogP contribution in [0.2, 0.25) is 0 Å². The second-order valence-corrected chi connectivity index (χ2v) is 2.59. The van der Waals surface area contributed by atoms with Crippen LogP contribution in [0, 0.1) is 5.92 Å². The van der Waals surface area contributed by atoms with Gasteiger partial charge in [-0.05, 0) is 19.8 Å². The maximum atomic E-state index is 3.30. The summed E-state index contributed by atoms with van der Waals surface area (Å²) in [6.45, 7) is 7.72. The van der Waals surface area contributed by atoms with Gasteiger partial charge in [0.2, 0.25) is 0 Å². The van der Waals surface area contributed by atoms with Gasteiger partial charge in [0.05, 0.1) is 0 Å². The molecule has 0 amide bonds. The lowest BCUT2D eigenvalue weighted by Crippen LogP contribution is -2.08. The molecule has 46 valence electrons. The van der Waals surface area contributed by atoms with Crippen molar-refractivity contribution in [3.8, 4) is 0 Å². The van der Waals surface area contributed by atoms with Crippen molar-refractivity contribution >= 4 is 0 Å². The first-order chi connectivity index (χ1) is 3.72. The molecule has 0 radical (unpaired) electrons. The number of allylic oxidation sites excluding steroid dienone is 1. The van der Waals surface area contributed by atoms with Crippen LogP contribution in [0.1, 0.15) is 20.8 Å². The largest absolute Gasteiger partial charge is 0.388 e. The van der Waals surface area contributed by atoms with Gasteiger partial charge in [-0.2, -0.15) is 0 Å². The van der Waals surface area contributed by atoms with Crippen LogP contribution in [0.15, 0.2) is 11.3 Å². The van der Waals surface area contributed by atoms with E-state index in [1.165, 1.54) is 11.3 Å². The maximum Gasteiger partial charge on any atom is 0.0207 e. The molecule has 0 bridgehead atoms. The highest BCUT2D eigenvalue weighted by Gasteiger charge is 2.12. The first kappa shape index (κ1) is 5.67. The fourth-order valence-corrected chi connectivity index (χ4v) is 0.968. The summed E-state index contributed by atoms with van der Waals surface area (Å²) in [7, 11) is 0. The molecule has 0 saturated heterocycles. The minimum absolute atomic E-state index is 0.759. The summed E-state index contributed by atoms with van der Waals surface area (Å²) in [5.41, 5.74) is 2.89. The van der Waals surface area contributed by atoms with Crippen LogP contribution >= 0.6 is 0 Å². The van der Waals surface area contributed by atoms with Gasteiger partial charge in [0.1, 0.15) is 0 Å². The highest BCUT2D eigenvalue weighted by atomic mass is 14.9. The third kappa shape index (κ3) is 0.726. The Morgan fingerprint density at radius 2 is 2.12 bits per heavy atom. The van der Waals surface area contributed by atoms with Gasteiger partial charge in [-0.3, -0.25) is 0 Å². The maximum absolute atomic E-state index is 3.30. The second kappa shape index (κ2) is 1.81. The lowest BCUT2D eigenvalue weighted by molar-refractivity contribution is 0.692. The van der Waals surface area contributed by atoms with Crippen molar-refractivity contribution in [3.05, 3.63) is 11.3 Å². The summed E-state index contributed by atoms with van der Waals surface area (Å²) in [5, 5.41) is 3.30. The molecule has 0 fully saturated rings. The Hall–Kier alpha value is -0.460. The zero-order valence-electron chi connectivity index (χ0n) is 5.78. The Bertz CT molecular complexity index is 124. The van der Waals surface area contributed by atoms with Crippen molar-refractivity contribution in [1.82, 2.24) is 5.32 Å². The molecule has 1 atom stereocenters. The van der Waals surface area contributed by atoms with E-state index in [1.54, 1.807) is 0 Å². The standard InChI is InChI=1S/C7H13N/c1-5-4-8-7(3)6(5)2/h5,8H,4H2,1-3H3. The van der Waals surface area contributed by atoms with E-state index in [-0.39, 0.29) is 0 Å². The molecule has 0 aliphatic carbocycles. The molecule has 0 aromatic carbocycles. The molecule has 1 N–H and O–H groups in total. The van der Waals surface area contributed by atoms with Gasteiger partial charge in [-0.1, -0.05) is 12.5 Å². The van der Waals surface area contributed by atoms with Gasteiger partial charge in [0, 0.05) is 12.2 Å². The van der Waals surface area contributed by atoms with Crippen molar-refractivity contribution < 1.29 is 0 Å². The molecule has 1 aliphatic rings. The van der Waals surface area contributed by atoms with Gasteiger partial charge >= 0.3 is 0 Å². The van der Waals surface area contributed by atoms with E-state index >= 15 is 0 Å². The molecule has 1 heteroatoms. The summed E-state index contributed by atoms with van der Waals surface area (Å²) in [6, 6.07) is 0. The molecule has 1 aliphatic heterocycles. The predicted octanol–water partition coefficient (Wildman–Crippen LogP) is 1.52. The fourth-order valence-electron chi connectivity index (χ4n) is 0.968. The predicted molar refractivity (Wildman–Crippen MR) is 35.5 cm³/mol. The Labute approximate surface area is 50.8 Å². The topological polar surface area (TPSA) is 12.0 Å². The molecule has 1 unspecified atom stereocenters. The van der Waals surface area contributed by atoms with Gasteiger partial charge in [0.15, 0.2) is 0 Å². The summed E-state index contributed by atoms with van der Waals surface area (Å²) in [4.78, 5) is 0. The van der Waals surface area contributed by atoms with E-state index in [4.69, 9.17) is 0 Å². The third-order valence-electron chi connectivity index (χ3n) is 2.00. The molecule has 1 heterocycles.